The van der Waals surface area contributed by atoms with Crippen LogP contribution in [0.25, 0.3) is 0 Å². The summed E-state index contributed by atoms with van der Waals surface area (Å²) in [4.78, 5) is 11.1. The molecule has 0 radical (unpaired) electrons. The van der Waals surface area contributed by atoms with Crippen LogP contribution in [-0.4, -0.2) is 30.3 Å². The van der Waals surface area contributed by atoms with Crippen molar-refractivity contribution in [2.75, 3.05) is 6.61 Å². The molecule has 0 aromatic heterocycles. The maximum atomic E-state index is 12.4. The second-order valence-electron chi connectivity index (χ2n) is 3.99. The summed E-state index contributed by atoms with van der Waals surface area (Å²) in [6, 6.07) is 0. The lowest BCUT2D eigenvalue weighted by Crippen LogP contribution is -2.49. The van der Waals surface area contributed by atoms with Gasteiger partial charge in [0.05, 0.1) is 6.10 Å². The predicted molar refractivity (Wildman–Crippen MR) is 47.3 cm³/mol. The van der Waals surface area contributed by atoms with E-state index >= 15 is 0 Å². The summed E-state index contributed by atoms with van der Waals surface area (Å²) in [6.45, 7) is 3.10. The zero-order valence-electron chi connectivity index (χ0n) is 8.65. The minimum Gasteiger partial charge on any atom is -0.369 e. The van der Waals surface area contributed by atoms with Crippen LogP contribution in [0.15, 0.2) is 0 Å². The second kappa shape index (κ2) is 4.00. The fourth-order valence-electron chi connectivity index (χ4n) is 1.15. The molecule has 1 rings (SSSR count). The number of carbonyl (C=O) groups is 1. The normalized spacial score (nSPS) is 19.1. The minimum absolute atomic E-state index is 0.0378. The highest BCUT2D eigenvalue weighted by molar-refractivity contribution is 5.78. The lowest BCUT2D eigenvalue weighted by molar-refractivity contribution is -0.171. The van der Waals surface area contributed by atoms with E-state index in [1.807, 2.05) is 5.32 Å². The number of hydrogen-bond acceptors (Lipinski definition) is 2. The smallest absolute Gasteiger partial charge is 0.369 e. The van der Waals surface area contributed by atoms with Gasteiger partial charge in [-0.05, 0) is 26.7 Å². The zero-order chi connectivity index (χ0) is 11.7. The first-order valence-electron chi connectivity index (χ1n) is 4.76. The Labute approximate surface area is 86.0 Å². The van der Waals surface area contributed by atoms with Gasteiger partial charge in [0.1, 0.15) is 12.1 Å². The van der Waals surface area contributed by atoms with Crippen molar-refractivity contribution in [2.24, 2.45) is 0 Å². The number of alkyl halides is 3. The molecule has 0 aromatic carbocycles. The summed E-state index contributed by atoms with van der Waals surface area (Å²) < 4.78 is 42.1. The van der Waals surface area contributed by atoms with Gasteiger partial charge in [-0.3, -0.25) is 4.79 Å². The summed E-state index contributed by atoms with van der Waals surface area (Å²) in [5.74, 6) is -0.710. The third kappa shape index (κ3) is 3.09. The molecule has 0 atom stereocenters. The van der Waals surface area contributed by atoms with Crippen LogP contribution in [0.4, 0.5) is 13.2 Å². The van der Waals surface area contributed by atoms with Crippen molar-refractivity contribution in [3.8, 4) is 0 Å². The van der Waals surface area contributed by atoms with Gasteiger partial charge in [0.25, 0.3) is 0 Å². The lowest BCUT2D eigenvalue weighted by Gasteiger charge is -2.20. The lowest BCUT2D eigenvalue weighted by atomic mass is 10.2. The van der Waals surface area contributed by atoms with E-state index in [1.54, 1.807) is 13.8 Å². The number of rotatable bonds is 4. The Morgan fingerprint density at radius 2 is 2.00 bits per heavy atom. The molecule has 6 heteroatoms. The molecule has 1 aliphatic rings. The summed E-state index contributed by atoms with van der Waals surface area (Å²) in [5, 5.41) is 1.97. The molecule has 0 spiro atoms. The highest BCUT2D eigenvalue weighted by atomic mass is 19.4. The predicted octanol–water partition coefficient (Wildman–Crippen LogP) is 1.62. The Morgan fingerprint density at radius 3 is 2.33 bits per heavy atom. The first-order valence-corrected chi connectivity index (χ1v) is 4.76. The molecular formula is C9H14F3NO2. The average molecular weight is 225 g/mol. The van der Waals surface area contributed by atoms with Gasteiger partial charge >= 0.3 is 6.18 Å². The SMILES string of the molecule is CC(C)OCC(=O)NC1(C(F)(F)F)CC1. The fraction of sp³-hybridized carbons (Fsp3) is 0.889. The van der Waals surface area contributed by atoms with E-state index in [0.717, 1.165) is 0 Å². The highest BCUT2D eigenvalue weighted by Gasteiger charge is 2.64. The fourth-order valence-corrected chi connectivity index (χ4v) is 1.15. The first kappa shape index (κ1) is 12.3. The molecule has 0 saturated heterocycles. The van der Waals surface area contributed by atoms with E-state index in [2.05, 4.69) is 0 Å². The first-order chi connectivity index (χ1) is 6.77. The minimum atomic E-state index is -4.36. The molecule has 1 fully saturated rings. The maximum Gasteiger partial charge on any atom is 0.411 e. The highest BCUT2D eigenvalue weighted by Crippen LogP contribution is 2.48. The molecule has 15 heavy (non-hydrogen) atoms. The number of ether oxygens (including phenoxy) is 1. The third-order valence-corrected chi connectivity index (χ3v) is 2.22. The number of carbonyl (C=O) groups excluding carboxylic acids is 1. The van der Waals surface area contributed by atoms with Crippen LogP contribution in [0.3, 0.4) is 0 Å². The molecule has 1 saturated carbocycles. The van der Waals surface area contributed by atoms with Crippen LogP contribution in [0.1, 0.15) is 26.7 Å². The molecular weight excluding hydrogens is 211 g/mol. The van der Waals surface area contributed by atoms with Gasteiger partial charge in [-0.15, -0.1) is 0 Å². The molecule has 0 heterocycles. The molecule has 1 aliphatic carbocycles. The van der Waals surface area contributed by atoms with Gasteiger partial charge in [0.15, 0.2) is 0 Å². The summed E-state index contributed by atoms with van der Waals surface area (Å²) >= 11 is 0. The van der Waals surface area contributed by atoms with Crippen LogP contribution >= 0.6 is 0 Å². The Hall–Kier alpha value is -0.780. The van der Waals surface area contributed by atoms with Crippen LogP contribution < -0.4 is 5.32 Å². The van der Waals surface area contributed by atoms with Gasteiger partial charge in [-0.2, -0.15) is 13.2 Å². The Balaban J connectivity index is 2.39. The van der Waals surface area contributed by atoms with Crippen LogP contribution in [-0.2, 0) is 9.53 Å². The van der Waals surface area contributed by atoms with Gasteiger partial charge in [0, 0.05) is 0 Å². The number of hydrogen-bond donors (Lipinski definition) is 1. The van der Waals surface area contributed by atoms with Crippen molar-refractivity contribution in [1.82, 2.24) is 5.32 Å². The summed E-state index contributed by atoms with van der Waals surface area (Å²) in [6.07, 6.45) is -4.61. The summed E-state index contributed by atoms with van der Waals surface area (Å²) in [5.41, 5.74) is -1.98. The number of nitrogens with one attached hydrogen (secondary N) is 1. The Bertz CT molecular complexity index is 246. The summed E-state index contributed by atoms with van der Waals surface area (Å²) in [7, 11) is 0. The maximum absolute atomic E-state index is 12.4. The molecule has 0 aromatic rings. The van der Waals surface area contributed by atoms with E-state index < -0.39 is 17.6 Å². The van der Waals surface area contributed by atoms with Crippen molar-refractivity contribution in [1.29, 1.82) is 0 Å². The van der Waals surface area contributed by atoms with Crippen molar-refractivity contribution < 1.29 is 22.7 Å². The van der Waals surface area contributed by atoms with Crippen LogP contribution in [0, 0.1) is 0 Å². The molecule has 1 N–H and O–H groups in total. The van der Waals surface area contributed by atoms with E-state index in [4.69, 9.17) is 4.74 Å². The molecule has 3 nitrogen and oxygen atoms in total. The monoisotopic (exact) mass is 225 g/mol. The quantitative estimate of drug-likeness (QED) is 0.789. The standard InChI is InChI=1S/C9H14F3NO2/c1-6(2)15-5-7(14)13-8(3-4-8)9(10,11)12/h6H,3-5H2,1-2H3,(H,13,14). The van der Waals surface area contributed by atoms with Crippen LogP contribution in [0.2, 0.25) is 0 Å². The Kier molecular flexibility index (Phi) is 3.28. The van der Waals surface area contributed by atoms with Gasteiger partial charge < -0.3 is 10.1 Å². The van der Waals surface area contributed by atoms with E-state index in [0.29, 0.717) is 0 Å². The second-order valence-corrected chi connectivity index (χ2v) is 3.99. The van der Waals surface area contributed by atoms with Crippen molar-refractivity contribution in [3.63, 3.8) is 0 Å². The topological polar surface area (TPSA) is 38.3 Å². The van der Waals surface area contributed by atoms with Gasteiger partial charge in [-0.1, -0.05) is 0 Å². The van der Waals surface area contributed by atoms with Crippen molar-refractivity contribution in [2.45, 2.75) is 44.5 Å². The van der Waals surface area contributed by atoms with E-state index in [-0.39, 0.29) is 25.6 Å². The van der Waals surface area contributed by atoms with Gasteiger partial charge in [0.2, 0.25) is 5.91 Å². The average Bonchev–Trinajstić information content (AvgIpc) is 2.80. The third-order valence-electron chi connectivity index (χ3n) is 2.22. The zero-order valence-corrected chi connectivity index (χ0v) is 8.65. The van der Waals surface area contributed by atoms with Crippen molar-refractivity contribution in [3.05, 3.63) is 0 Å². The van der Waals surface area contributed by atoms with E-state index in [9.17, 15) is 18.0 Å². The van der Waals surface area contributed by atoms with E-state index in [1.165, 1.54) is 0 Å². The largest absolute Gasteiger partial charge is 0.411 e. The molecule has 0 unspecified atom stereocenters. The molecule has 0 aliphatic heterocycles. The number of amides is 1. The number of halogens is 3. The molecule has 1 amide bonds. The Morgan fingerprint density at radius 1 is 1.47 bits per heavy atom. The van der Waals surface area contributed by atoms with Crippen molar-refractivity contribution >= 4 is 5.91 Å². The van der Waals surface area contributed by atoms with Crippen LogP contribution in [0.5, 0.6) is 0 Å². The molecule has 88 valence electrons. The van der Waals surface area contributed by atoms with Gasteiger partial charge in [-0.25, -0.2) is 0 Å². The molecule has 0 bridgehead atoms.